The SMILES string of the molecule is CCOC(=O)CCN(C)C(=O)NC1CCCC1(C)C(=O)O. The van der Waals surface area contributed by atoms with Crippen LogP contribution in [-0.4, -0.2) is 54.2 Å². The monoisotopic (exact) mass is 300 g/mol. The zero-order chi connectivity index (χ0) is 16.0. The van der Waals surface area contributed by atoms with Crippen molar-refractivity contribution in [2.45, 2.75) is 45.6 Å². The van der Waals surface area contributed by atoms with Gasteiger partial charge in [-0.25, -0.2) is 4.79 Å². The van der Waals surface area contributed by atoms with Crippen LogP contribution in [0.15, 0.2) is 0 Å². The highest BCUT2D eigenvalue weighted by molar-refractivity contribution is 5.79. The van der Waals surface area contributed by atoms with Gasteiger partial charge < -0.3 is 20.1 Å². The zero-order valence-electron chi connectivity index (χ0n) is 12.8. The minimum Gasteiger partial charge on any atom is -0.481 e. The van der Waals surface area contributed by atoms with E-state index in [1.807, 2.05) is 0 Å². The summed E-state index contributed by atoms with van der Waals surface area (Å²) in [5.74, 6) is -1.24. The number of amides is 2. The third-order valence-electron chi connectivity index (χ3n) is 4.05. The van der Waals surface area contributed by atoms with Crippen molar-refractivity contribution in [3.05, 3.63) is 0 Å². The molecule has 7 heteroatoms. The molecule has 0 aromatic carbocycles. The second-order valence-corrected chi connectivity index (χ2v) is 5.59. The van der Waals surface area contributed by atoms with Crippen molar-refractivity contribution in [1.82, 2.24) is 10.2 Å². The minimum absolute atomic E-state index is 0.124. The third kappa shape index (κ3) is 4.34. The summed E-state index contributed by atoms with van der Waals surface area (Å²) >= 11 is 0. The summed E-state index contributed by atoms with van der Waals surface area (Å²) in [7, 11) is 1.57. The number of aliphatic carboxylic acids is 1. The van der Waals surface area contributed by atoms with Crippen molar-refractivity contribution in [1.29, 1.82) is 0 Å². The molecule has 0 heterocycles. The van der Waals surface area contributed by atoms with Crippen LogP contribution in [0.25, 0.3) is 0 Å². The lowest BCUT2D eigenvalue weighted by Crippen LogP contribution is -2.50. The molecule has 1 aliphatic rings. The van der Waals surface area contributed by atoms with Crippen LogP contribution in [0.4, 0.5) is 4.79 Å². The second kappa shape index (κ2) is 7.28. The van der Waals surface area contributed by atoms with E-state index in [1.165, 1.54) is 4.90 Å². The van der Waals surface area contributed by atoms with Crippen LogP contribution < -0.4 is 5.32 Å². The molecule has 0 radical (unpaired) electrons. The molecule has 1 fully saturated rings. The predicted molar refractivity (Wildman–Crippen MR) is 75.8 cm³/mol. The maximum atomic E-state index is 12.0. The highest BCUT2D eigenvalue weighted by Gasteiger charge is 2.46. The molecule has 21 heavy (non-hydrogen) atoms. The van der Waals surface area contributed by atoms with Crippen molar-refractivity contribution < 1.29 is 24.2 Å². The third-order valence-corrected chi connectivity index (χ3v) is 4.05. The highest BCUT2D eigenvalue weighted by Crippen LogP contribution is 2.38. The van der Waals surface area contributed by atoms with E-state index >= 15 is 0 Å². The molecule has 2 unspecified atom stereocenters. The van der Waals surface area contributed by atoms with Gasteiger partial charge in [0.1, 0.15) is 0 Å². The molecule has 1 saturated carbocycles. The second-order valence-electron chi connectivity index (χ2n) is 5.59. The number of hydrogen-bond acceptors (Lipinski definition) is 4. The standard InChI is InChI=1S/C14H24N2O5/c1-4-21-11(17)7-9-16(3)13(20)15-10-6-5-8-14(10,2)12(18)19/h10H,4-9H2,1-3H3,(H,15,20)(H,18,19). The lowest BCUT2D eigenvalue weighted by Gasteiger charge is -2.29. The van der Waals surface area contributed by atoms with Crippen LogP contribution in [0.1, 0.15) is 39.5 Å². The van der Waals surface area contributed by atoms with Gasteiger partial charge in [0.15, 0.2) is 0 Å². The summed E-state index contributed by atoms with van der Waals surface area (Å²) in [5.41, 5.74) is -0.919. The summed E-state index contributed by atoms with van der Waals surface area (Å²) in [6.07, 6.45) is 2.11. The Hall–Kier alpha value is -1.79. The molecule has 0 spiro atoms. The molecule has 1 rings (SSSR count). The molecule has 0 aromatic rings. The molecule has 120 valence electrons. The van der Waals surface area contributed by atoms with Crippen LogP contribution >= 0.6 is 0 Å². The van der Waals surface area contributed by atoms with Gasteiger partial charge in [-0.15, -0.1) is 0 Å². The Kier molecular flexibility index (Phi) is 5.99. The van der Waals surface area contributed by atoms with Gasteiger partial charge in [0.25, 0.3) is 0 Å². The predicted octanol–water partition coefficient (Wildman–Crippen LogP) is 1.22. The molecule has 2 amide bonds. The average molecular weight is 300 g/mol. The lowest BCUT2D eigenvalue weighted by atomic mass is 9.85. The summed E-state index contributed by atoms with van der Waals surface area (Å²) < 4.78 is 4.79. The van der Waals surface area contributed by atoms with Crippen molar-refractivity contribution in [3.8, 4) is 0 Å². The normalized spacial score (nSPS) is 24.4. The fourth-order valence-electron chi connectivity index (χ4n) is 2.51. The van der Waals surface area contributed by atoms with E-state index in [1.54, 1.807) is 20.9 Å². The van der Waals surface area contributed by atoms with Gasteiger partial charge in [0, 0.05) is 19.6 Å². The number of carboxylic acid groups (broad SMARTS) is 1. The molecule has 0 saturated heterocycles. The quantitative estimate of drug-likeness (QED) is 0.719. The van der Waals surface area contributed by atoms with Crippen LogP contribution in [0, 0.1) is 5.41 Å². The van der Waals surface area contributed by atoms with Crippen molar-refractivity contribution in [3.63, 3.8) is 0 Å². The van der Waals surface area contributed by atoms with Crippen LogP contribution in [-0.2, 0) is 14.3 Å². The fraction of sp³-hybridized carbons (Fsp3) is 0.786. The first kappa shape index (κ1) is 17.3. The smallest absolute Gasteiger partial charge is 0.317 e. The van der Waals surface area contributed by atoms with E-state index in [0.29, 0.717) is 19.4 Å². The Morgan fingerprint density at radius 3 is 2.67 bits per heavy atom. The summed E-state index contributed by atoms with van der Waals surface area (Å²) in [5, 5.41) is 12.1. The molecule has 7 nitrogen and oxygen atoms in total. The number of ether oxygens (including phenoxy) is 1. The molecule has 2 atom stereocenters. The Morgan fingerprint density at radius 1 is 1.43 bits per heavy atom. The van der Waals surface area contributed by atoms with Gasteiger partial charge in [-0.05, 0) is 26.7 Å². The Bertz CT molecular complexity index is 412. The lowest BCUT2D eigenvalue weighted by molar-refractivity contribution is -0.148. The molecule has 0 bridgehead atoms. The summed E-state index contributed by atoms with van der Waals surface area (Å²) in [4.78, 5) is 36.0. The summed E-state index contributed by atoms with van der Waals surface area (Å²) in [6, 6.07) is -0.744. The van der Waals surface area contributed by atoms with Crippen molar-refractivity contribution >= 4 is 18.0 Å². The Balaban J connectivity index is 2.49. The van der Waals surface area contributed by atoms with Crippen molar-refractivity contribution in [2.75, 3.05) is 20.2 Å². The zero-order valence-corrected chi connectivity index (χ0v) is 12.8. The molecular weight excluding hydrogens is 276 g/mol. The van der Waals surface area contributed by atoms with Crippen LogP contribution in [0.3, 0.4) is 0 Å². The Labute approximate surface area is 124 Å². The molecular formula is C14H24N2O5. The van der Waals surface area contributed by atoms with Crippen molar-refractivity contribution in [2.24, 2.45) is 5.41 Å². The maximum absolute atomic E-state index is 12.0. The number of nitrogens with one attached hydrogen (secondary N) is 1. The largest absolute Gasteiger partial charge is 0.481 e. The Morgan fingerprint density at radius 2 is 2.10 bits per heavy atom. The molecule has 0 aliphatic heterocycles. The van der Waals surface area contributed by atoms with E-state index in [0.717, 1.165) is 6.42 Å². The van der Waals surface area contributed by atoms with E-state index < -0.39 is 11.4 Å². The van der Waals surface area contributed by atoms with Gasteiger partial charge in [0.05, 0.1) is 18.4 Å². The fourth-order valence-corrected chi connectivity index (χ4v) is 2.51. The topological polar surface area (TPSA) is 95.9 Å². The average Bonchev–Trinajstić information content (AvgIpc) is 2.79. The number of carbonyl (C=O) groups is 3. The number of carboxylic acids is 1. The highest BCUT2D eigenvalue weighted by atomic mass is 16.5. The van der Waals surface area contributed by atoms with Gasteiger partial charge in [-0.2, -0.15) is 0 Å². The maximum Gasteiger partial charge on any atom is 0.317 e. The van der Waals surface area contributed by atoms with E-state index in [2.05, 4.69) is 5.32 Å². The first-order chi connectivity index (χ1) is 9.81. The van der Waals surface area contributed by atoms with E-state index in [-0.39, 0.29) is 31.0 Å². The number of nitrogens with zero attached hydrogens (tertiary/aromatic N) is 1. The molecule has 0 aromatic heterocycles. The number of esters is 1. The van der Waals surface area contributed by atoms with Gasteiger partial charge in [-0.1, -0.05) is 6.42 Å². The van der Waals surface area contributed by atoms with Gasteiger partial charge >= 0.3 is 18.0 Å². The molecule has 2 N–H and O–H groups in total. The van der Waals surface area contributed by atoms with Crippen LogP contribution in [0.2, 0.25) is 0 Å². The first-order valence-corrected chi connectivity index (χ1v) is 7.22. The van der Waals surface area contributed by atoms with E-state index in [9.17, 15) is 19.5 Å². The van der Waals surface area contributed by atoms with Gasteiger partial charge in [-0.3, -0.25) is 9.59 Å². The molecule has 1 aliphatic carbocycles. The number of hydrogen-bond donors (Lipinski definition) is 2. The van der Waals surface area contributed by atoms with Crippen LogP contribution in [0.5, 0.6) is 0 Å². The number of carbonyl (C=O) groups excluding carboxylic acids is 2. The number of urea groups is 1. The minimum atomic E-state index is -0.919. The van der Waals surface area contributed by atoms with Gasteiger partial charge in [0.2, 0.25) is 0 Å². The number of rotatable bonds is 6. The van der Waals surface area contributed by atoms with E-state index in [4.69, 9.17) is 4.74 Å². The first-order valence-electron chi connectivity index (χ1n) is 7.22. The summed E-state index contributed by atoms with van der Waals surface area (Å²) in [6.45, 7) is 3.93.